The Kier molecular flexibility index (Phi) is 3.46. The molecule has 1 aliphatic heterocycles. The lowest BCUT2D eigenvalue weighted by molar-refractivity contribution is 0.135. The number of hydrogen-bond donors (Lipinski definition) is 1. The molecule has 1 aromatic carbocycles. The highest BCUT2D eigenvalue weighted by Gasteiger charge is 2.19. The number of aryl methyl sites for hydroxylation is 1. The molecule has 0 spiro atoms. The van der Waals surface area contributed by atoms with Gasteiger partial charge in [-0.1, -0.05) is 12.1 Å². The number of aliphatic hydroxyl groups is 1. The number of hydrogen-bond acceptors (Lipinski definition) is 3. The van der Waals surface area contributed by atoms with Gasteiger partial charge in [-0.2, -0.15) is 0 Å². The second-order valence-electron chi connectivity index (χ2n) is 4.32. The number of rotatable bonds is 3. The Bertz CT molecular complexity index is 354. The van der Waals surface area contributed by atoms with E-state index in [2.05, 4.69) is 0 Å². The fourth-order valence-corrected chi connectivity index (χ4v) is 1.87. The Labute approximate surface area is 96.0 Å². The Balaban J connectivity index is 2.19. The molecular weight excluding hydrogens is 204 g/mol. The molecule has 3 nitrogen and oxygen atoms in total. The van der Waals surface area contributed by atoms with Gasteiger partial charge in [0.15, 0.2) is 0 Å². The molecule has 16 heavy (non-hydrogen) atoms. The van der Waals surface area contributed by atoms with Gasteiger partial charge in [0.25, 0.3) is 0 Å². The average molecular weight is 222 g/mol. The maximum Gasteiger partial charge on any atom is 0.125 e. The Morgan fingerprint density at radius 3 is 2.94 bits per heavy atom. The second-order valence-corrected chi connectivity index (χ2v) is 4.32. The normalized spacial score (nSPS) is 22.1. The molecule has 2 rings (SSSR count). The van der Waals surface area contributed by atoms with Crippen LogP contribution in [0.15, 0.2) is 18.2 Å². The molecular formula is C13H18O3. The molecule has 1 fully saturated rings. The molecule has 0 bridgehead atoms. The van der Waals surface area contributed by atoms with Gasteiger partial charge in [-0.15, -0.1) is 0 Å². The van der Waals surface area contributed by atoms with Gasteiger partial charge >= 0.3 is 0 Å². The first-order valence-corrected chi connectivity index (χ1v) is 5.70. The van der Waals surface area contributed by atoms with Crippen LogP contribution in [0.3, 0.4) is 0 Å². The van der Waals surface area contributed by atoms with Crippen LogP contribution in [-0.4, -0.2) is 24.4 Å². The minimum atomic E-state index is -0.502. The van der Waals surface area contributed by atoms with Crippen LogP contribution in [0.1, 0.15) is 30.6 Å². The van der Waals surface area contributed by atoms with Gasteiger partial charge in [0.05, 0.1) is 19.3 Å². The van der Waals surface area contributed by atoms with Gasteiger partial charge in [-0.05, 0) is 25.5 Å². The monoisotopic (exact) mass is 222 g/mol. The number of benzene rings is 1. The van der Waals surface area contributed by atoms with E-state index in [9.17, 15) is 5.11 Å². The minimum absolute atomic E-state index is 0.124. The lowest BCUT2D eigenvalue weighted by Gasteiger charge is -2.17. The van der Waals surface area contributed by atoms with Crippen molar-refractivity contribution in [3.63, 3.8) is 0 Å². The smallest absolute Gasteiger partial charge is 0.125 e. The molecule has 3 heteroatoms. The van der Waals surface area contributed by atoms with Crippen molar-refractivity contribution in [2.45, 2.75) is 32.5 Å². The molecule has 88 valence electrons. The Morgan fingerprint density at radius 1 is 1.50 bits per heavy atom. The topological polar surface area (TPSA) is 38.7 Å². The van der Waals surface area contributed by atoms with Crippen molar-refractivity contribution in [1.82, 2.24) is 0 Å². The third-order valence-electron chi connectivity index (χ3n) is 2.80. The molecule has 0 aliphatic carbocycles. The molecule has 1 heterocycles. The summed E-state index contributed by atoms with van der Waals surface area (Å²) in [6, 6.07) is 5.88. The molecule has 1 N–H and O–H groups in total. The van der Waals surface area contributed by atoms with E-state index < -0.39 is 6.10 Å². The maximum atomic E-state index is 9.66. The lowest BCUT2D eigenvalue weighted by atomic mass is 10.1. The fourth-order valence-electron chi connectivity index (χ4n) is 1.87. The second kappa shape index (κ2) is 4.85. The summed E-state index contributed by atoms with van der Waals surface area (Å²) in [5, 5.41) is 9.66. The van der Waals surface area contributed by atoms with Gasteiger partial charge in [-0.25, -0.2) is 0 Å². The first-order chi connectivity index (χ1) is 7.66. The third-order valence-corrected chi connectivity index (χ3v) is 2.80. The largest absolute Gasteiger partial charge is 0.488 e. The molecule has 1 saturated heterocycles. The van der Waals surface area contributed by atoms with E-state index in [1.54, 1.807) is 6.92 Å². The maximum absolute atomic E-state index is 9.66. The van der Waals surface area contributed by atoms with Crippen LogP contribution in [0.4, 0.5) is 0 Å². The summed E-state index contributed by atoms with van der Waals surface area (Å²) in [6.07, 6.45) is 0.546. The third kappa shape index (κ3) is 2.54. The molecule has 1 aliphatic rings. The minimum Gasteiger partial charge on any atom is -0.488 e. The van der Waals surface area contributed by atoms with Crippen LogP contribution in [0.5, 0.6) is 5.75 Å². The van der Waals surface area contributed by atoms with E-state index in [4.69, 9.17) is 9.47 Å². The quantitative estimate of drug-likeness (QED) is 0.852. The van der Waals surface area contributed by atoms with Gasteiger partial charge in [0, 0.05) is 12.0 Å². The summed E-state index contributed by atoms with van der Waals surface area (Å²) in [5.41, 5.74) is 1.98. The highest BCUT2D eigenvalue weighted by Crippen LogP contribution is 2.28. The highest BCUT2D eigenvalue weighted by molar-refractivity contribution is 5.38. The predicted molar refractivity (Wildman–Crippen MR) is 61.7 cm³/mol. The average Bonchev–Trinajstić information content (AvgIpc) is 2.70. The molecule has 2 atom stereocenters. The zero-order valence-electron chi connectivity index (χ0n) is 9.77. The first-order valence-electron chi connectivity index (χ1n) is 5.70. The van der Waals surface area contributed by atoms with Crippen molar-refractivity contribution in [3.8, 4) is 5.75 Å². The van der Waals surface area contributed by atoms with Crippen molar-refractivity contribution >= 4 is 0 Å². The van der Waals surface area contributed by atoms with Crippen LogP contribution in [0.25, 0.3) is 0 Å². The summed E-state index contributed by atoms with van der Waals surface area (Å²) in [7, 11) is 0. The predicted octanol–water partition coefficient (Wildman–Crippen LogP) is 2.22. The van der Waals surface area contributed by atoms with E-state index in [-0.39, 0.29) is 6.10 Å². The summed E-state index contributed by atoms with van der Waals surface area (Å²) >= 11 is 0. The van der Waals surface area contributed by atoms with E-state index in [1.165, 1.54) is 0 Å². The van der Waals surface area contributed by atoms with Crippen LogP contribution in [-0.2, 0) is 4.74 Å². The summed E-state index contributed by atoms with van der Waals surface area (Å²) in [5.74, 6) is 0.783. The number of ether oxygens (including phenoxy) is 2. The molecule has 0 aromatic heterocycles. The van der Waals surface area contributed by atoms with E-state index in [0.717, 1.165) is 29.9 Å². The Hall–Kier alpha value is -1.06. The van der Waals surface area contributed by atoms with E-state index in [1.807, 2.05) is 25.1 Å². The van der Waals surface area contributed by atoms with Crippen molar-refractivity contribution in [3.05, 3.63) is 29.3 Å². The van der Waals surface area contributed by atoms with Crippen LogP contribution >= 0.6 is 0 Å². The van der Waals surface area contributed by atoms with Crippen molar-refractivity contribution in [1.29, 1.82) is 0 Å². The first kappa shape index (κ1) is 11.4. The zero-order chi connectivity index (χ0) is 11.5. The van der Waals surface area contributed by atoms with Crippen LogP contribution in [0.2, 0.25) is 0 Å². The standard InChI is InChI=1S/C13H18O3/c1-9-3-4-12(10(2)14)13(7-9)16-11-5-6-15-8-11/h3-4,7,10-11,14H,5-6,8H2,1-2H3. The fraction of sp³-hybridized carbons (Fsp3) is 0.538. The van der Waals surface area contributed by atoms with E-state index in [0.29, 0.717) is 6.61 Å². The summed E-state index contributed by atoms with van der Waals surface area (Å²) in [4.78, 5) is 0. The SMILES string of the molecule is Cc1ccc(C(C)O)c(OC2CCOC2)c1. The van der Waals surface area contributed by atoms with Gasteiger partial charge in [0.1, 0.15) is 11.9 Å². The zero-order valence-corrected chi connectivity index (χ0v) is 9.77. The molecule has 1 aromatic rings. The summed E-state index contributed by atoms with van der Waals surface area (Å²) in [6.45, 7) is 5.18. The molecule has 0 amide bonds. The highest BCUT2D eigenvalue weighted by atomic mass is 16.5. The van der Waals surface area contributed by atoms with Crippen LogP contribution < -0.4 is 4.74 Å². The van der Waals surface area contributed by atoms with Gasteiger partial charge < -0.3 is 14.6 Å². The van der Waals surface area contributed by atoms with E-state index >= 15 is 0 Å². The molecule has 0 radical (unpaired) electrons. The van der Waals surface area contributed by atoms with Crippen molar-refractivity contribution in [2.24, 2.45) is 0 Å². The van der Waals surface area contributed by atoms with Crippen molar-refractivity contribution in [2.75, 3.05) is 13.2 Å². The Morgan fingerprint density at radius 2 is 2.31 bits per heavy atom. The van der Waals surface area contributed by atoms with Gasteiger partial charge in [0.2, 0.25) is 0 Å². The summed E-state index contributed by atoms with van der Waals surface area (Å²) < 4.78 is 11.1. The molecule has 2 unspecified atom stereocenters. The van der Waals surface area contributed by atoms with Crippen LogP contribution in [0, 0.1) is 6.92 Å². The van der Waals surface area contributed by atoms with Crippen molar-refractivity contribution < 1.29 is 14.6 Å². The lowest BCUT2D eigenvalue weighted by Crippen LogP contribution is -2.17. The molecule has 0 saturated carbocycles. The number of aliphatic hydroxyl groups excluding tert-OH is 1. The van der Waals surface area contributed by atoms with Gasteiger partial charge in [-0.3, -0.25) is 0 Å².